The van der Waals surface area contributed by atoms with E-state index < -0.39 is 0 Å². The predicted octanol–water partition coefficient (Wildman–Crippen LogP) is 2.02. The molecular formula is C14H28N2O. The second kappa shape index (κ2) is 6.72. The van der Waals surface area contributed by atoms with Crippen LogP contribution in [-0.4, -0.2) is 49.3 Å². The Morgan fingerprint density at radius 2 is 2.18 bits per heavy atom. The predicted molar refractivity (Wildman–Crippen MR) is 71.3 cm³/mol. The number of piperidine rings is 1. The van der Waals surface area contributed by atoms with Crippen LogP contribution in [0.25, 0.3) is 0 Å². The minimum atomic E-state index is 0.479. The molecule has 1 saturated heterocycles. The highest BCUT2D eigenvalue weighted by Gasteiger charge is 2.26. The highest BCUT2D eigenvalue weighted by atomic mass is 16.5. The fraction of sp³-hybridized carbons (Fsp3) is 1.00. The highest BCUT2D eigenvalue weighted by molar-refractivity contribution is 4.84. The quantitative estimate of drug-likeness (QED) is 0.737. The normalized spacial score (nSPS) is 28.2. The molecule has 2 fully saturated rings. The Morgan fingerprint density at radius 1 is 1.35 bits per heavy atom. The summed E-state index contributed by atoms with van der Waals surface area (Å²) in [6.07, 6.45) is 6.92. The van der Waals surface area contributed by atoms with Crippen molar-refractivity contribution in [1.29, 1.82) is 0 Å². The van der Waals surface area contributed by atoms with Gasteiger partial charge in [-0.25, -0.2) is 0 Å². The fourth-order valence-electron chi connectivity index (χ4n) is 2.54. The summed E-state index contributed by atoms with van der Waals surface area (Å²) in [6, 6.07) is 1.48. The van der Waals surface area contributed by atoms with Crippen LogP contribution in [0.3, 0.4) is 0 Å². The Hall–Kier alpha value is -0.120. The van der Waals surface area contributed by atoms with Gasteiger partial charge in [0.15, 0.2) is 0 Å². The van der Waals surface area contributed by atoms with E-state index in [1.807, 2.05) is 0 Å². The topological polar surface area (TPSA) is 24.5 Å². The molecule has 2 unspecified atom stereocenters. The lowest BCUT2D eigenvalue weighted by atomic mass is 10.1. The average molecular weight is 240 g/mol. The van der Waals surface area contributed by atoms with E-state index in [-0.39, 0.29) is 0 Å². The van der Waals surface area contributed by atoms with Crippen molar-refractivity contribution in [3.8, 4) is 0 Å². The van der Waals surface area contributed by atoms with E-state index >= 15 is 0 Å². The van der Waals surface area contributed by atoms with E-state index in [9.17, 15) is 0 Å². The van der Waals surface area contributed by atoms with Gasteiger partial charge in [0.05, 0.1) is 6.10 Å². The molecule has 1 saturated carbocycles. The van der Waals surface area contributed by atoms with Gasteiger partial charge in [0, 0.05) is 31.8 Å². The standard InChI is InChI=1S/C14H28N2O/c1-3-9-17-14-5-4-8-16(11-14)12(2)10-15-13-6-7-13/h12-15H,3-11H2,1-2H3. The van der Waals surface area contributed by atoms with E-state index in [1.165, 1.54) is 32.2 Å². The van der Waals surface area contributed by atoms with E-state index in [0.29, 0.717) is 12.1 Å². The molecule has 2 rings (SSSR count). The van der Waals surface area contributed by atoms with Crippen LogP contribution in [0.4, 0.5) is 0 Å². The van der Waals surface area contributed by atoms with Crippen LogP contribution < -0.4 is 5.32 Å². The number of nitrogens with zero attached hydrogens (tertiary/aromatic N) is 1. The Labute approximate surface area is 106 Å². The molecule has 0 bridgehead atoms. The molecule has 0 aromatic carbocycles. The Balaban J connectivity index is 1.67. The molecule has 0 aromatic heterocycles. The van der Waals surface area contributed by atoms with E-state index in [2.05, 4.69) is 24.1 Å². The van der Waals surface area contributed by atoms with Crippen LogP contribution in [0.2, 0.25) is 0 Å². The van der Waals surface area contributed by atoms with Gasteiger partial charge < -0.3 is 10.1 Å². The molecule has 0 spiro atoms. The van der Waals surface area contributed by atoms with Crippen LogP contribution >= 0.6 is 0 Å². The Morgan fingerprint density at radius 3 is 2.88 bits per heavy atom. The minimum Gasteiger partial charge on any atom is -0.377 e. The molecule has 0 aromatic rings. The molecule has 3 heteroatoms. The zero-order valence-corrected chi connectivity index (χ0v) is 11.5. The van der Waals surface area contributed by atoms with E-state index in [0.717, 1.165) is 32.2 Å². The van der Waals surface area contributed by atoms with Gasteiger partial charge in [0.2, 0.25) is 0 Å². The van der Waals surface area contributed by atoms with Crippen molar-refractivity contribution in [1.82, 2.24) is 10.2 Å². The van der Waals surface area contributed by atoms with Gasteiger partial charge in [-0.3, -0.25) is 4.90 Å². The van der Waals surface area contributed by atoms with Crippen LogP contribution in [-0.2, 0) is 4.74 Å². The number of hydrogen-bond donors (Lipinski definition) is 1. The van der Waals surface area contributed by atoms with Crippen molar-refractivity contribution in [2.24, 2.45) is 0 Å². The van der Waals surface area contributed by atoms with Crippen molar-refractivity contribution in [2.75, 3.05) is 26.2 Å². The molecule has 1 aliphatic heterocycles. The molecule has 1 aliphatic carbocycles. The summed E-state index contributed by atoms with van der Waals surface area (Å²) >= 11 is 0. The molecule has 0 amide bonds. The second-order valence-corrected chi connectivity index (χ2v) is 5.66. The van der Waals surface area contributed by atoms with Crippen molar-refractivity contribution in [3.05, 3.63) is 0 Å². The lowest BCUT2D eigenvalue weighted by molar-refractivity contribution is -0.0102. The summed E-state index contributed by atoms with van der Waals surface area (Å²) in [7, 11) is 0. The molecule has 3 nitrogen and oxygen atoms in total. The monoisotopic (exact) mass is 240 g/mol. The molecule has 2 atom stereocenters. The first-order valence-electron chi connectivity index (χ1n) is 7.38. The first-order chi connectivity index (χ1) is 8.29. The fourth-order valence-corrected chi connectivity index (χ4v) is 2.54. The number of hydrogen-bond acceptors (Lipinski definition) is 3. The maximum atomic E-state index is 5.89. The van der Waals surface area contributed by atoms with E-state index in [4.69, 9.17) is 4.74 Å². The molecule has 100 valence electrons. The minimum absolute atomic E-state index is 0.479. The number of nitrogens with one attached hydrogen (secondary N) is 1. The molecule has 17 heavy (non-hydrogen) atoms. The molecule has 0 radical (unpaired) electrons. The Bertz CT molecular complexity index is 218. The lowest BCUT2D eigenvalue weighted by Gasteiger charge is -2.36. The zero-order valence-electron chi connectivity index (χ0n) is 11.5. The third kappa shape index (κ3) is 4.57. The first-order valence-corrected chi connectivity index (χ1v) is 7.38. The van der Waals surface area contributed by atoms with Gasteiger partial charge >= 0.3 is 0 Å². The third-order valence-electron chi connectivity index (χ3n) is 3.87. The average Bonchev–Trinajstić information content (AvgIpc) is 3.18. The van der Waals surface area contributed by atoms with Crippen molar-refractivity contribution >= 4 is 0 Å². The number of ether oxygens (including phenoxy) is 1. The van der Waals surface area contributed by atoms with Gasteiger partial charge in [0.25, 0.3) is 0 Å². The van der Waals surface area contributed by atoms with Crippen molar-refractivity contribution in [3.63, 3.8) is 0 Å². The lowest BCUT2D eigenvalue weighted by Crippen LogP contribution is -2.48. The van der Waals surface area contributed by atoms with Crippen molar-refractivity contribution in [2.45, 2.75) is 64.1 Å². The second-order valence-electron chi connectivity index (χ2n) is 5.66. The summed E-state index contributed by atoms with van der Waals surface area (Å²) in [5.41, 5.74) is 0. The van der Waals surface area contributed by atoms with E-state index in [1.54, 1.807) is 0 Å². The third-order valence-corrected chi connectivity index (χ3v) is 3.87. The maximum Gasteiger partial charge on any atom is 0.0702 e. The van der Waals surface area contributed by atoms with Crippen LogP contribution in [0.15, 0.2) is 0 Å². The van der Waals surface area contributed by atoms with Gasteiger partial charge in [-0.2, -0.15) is 0 Å². The van der Waals surface area contributed by atoms with Crippen LogP contribution in [0.1, 0.15) is 46.0 Å². The maximum absolute atomic E-state index is 5.89. The highest BCUT2D eigenvalue weighted by Crippen LogP contribution is 2.20. The van der Waals surface area contributed by atoms with Gasteiger partial charge in [-0.05, 0) is 45.6 Å². The summed E-state index contributed by atoms with van der Waals surface area (Å²) in [5, 5.41) is 3.63. The summed E-state index contributed by atoms with van der Waals surface area (Å²) in [6.45, 7) is 8.98. The largest absolute Gasteiger partial charge is 0.377 e. The van der Waals surface area contributed by atoms with Crippen LogP contribution in [0, 0.1) is 0 Å². The van der Waals surface area contributed by atoms with Gasteiger partial charge in [-0.15, -0.1) is 0 Å². The summed E-state index contributed by atoms with van der Waals surface area (Å²) < 4.78 is 5.89. The smallest absolute Gasteiger partial charge is 0.0702 e. The van der Waals surface area contributed by atoms with Gasteiger partial charge in [0.1, 0.15) is 0 Å². The summed E-state index contributed by atoms with van der Waals surface area (Å²) in [4.78, 5) is 2.60. The van der Waals surface area contributed by atoms with Gasteiger partial charge in [-0.1, -0.05) is 6.92 Å². The number of likely N-dealkylation sites (tertiary alicyclic amines) is 1. The SMILES string of the molecule is CCCOC1CCCN(C(C)CNC2CC2)C1. The first kappa shape index (κ1) is 13.3. The molecule has 1 heterocycles. The molecule has 2 aliphatic rings. The van der Waals surface area contributed by atoms with Crippen LogP contribution in [0.5, 0.6) is 0 Å². The zero-order chi connectivity index (χ0) is 12.1. The summed E-state index contributed by atoms with van der Waals surface area (Å²) in [5.74, 6) is 0. The molecular weight excluding hydrogens is 212 g/mol. The Kier molecular flexibility index (Phi) is 5.26. The number of rotatable bonds is 7. The van der Waals surface area contributed by atoms with Crippen molar-refractivity contribution < 1.29 is 4.74 Å². The molecule has 1 N–H and O–H groups in total.